The van der Waals surface area contributed by atoms with Crippen LogP contribution in [0.5, 0.6) is 5.75 Å². The monoisotopic (exact) mass is 363 g/mol. The average molecular weight is 363 g/mol. The van der Waals surface area contributed by atoms with Gasteiger partial charge in [-0.25, -0.2) is 0 Å². The van der Waals surface area contributed by atoms with Crippen molar-refractivity contribution in [2.75, 3.05) is 31.6 Å². The van der Waals surface area contributed by atoms with E-state index in [-0.39, 0.29) is 5.91 Å². The van der Waals surface area contributed by atoms with Crippen LogP contribution in [0, 0.1) is 11.3 Å². The number of carbonyl (C=O) groups excluding carboxylic acids is 1. The minimum Gasteiger partial charge on any atom is -0.496 e. The van der Waals surface area contributed by atoms with Gasteiger partial charge in [0, 0.05) is 30.9 Å². The summed E-state index contributed by atoms with van der Waals surface area (Å²) in [4.78, 5) is 16.6. The maximum atomic E-state index is 12.7. The Morgan fingerprint density at radius 1 is 1.15 bits per heavy atom. The highest BCUT2D eigenvalue weighted by atomic mass is 16.5. The Balaban J connectivity index is 1.70. The number of anilines is 1. The quantitative estimate of drug-likeness (QED) is 0.815. The first kappa shape index (κ1) is 18.9. The predicted octanol–water partition coefficient (Wildman–Crippen LogP) is 3.54. The molecular weight excluding hydrogens is 338 g/mol. The molecule has 1 amide bonds. The van der Waals surface area contributed by atoms with Crippen LogP contribution in [0.1, 0.15) is 36.5 Å². The number of nitriles is 1. The Labute approximate surface area is 160 Å². The summed E-state index contributed by atoms with van der Waals surface area (Å²) in [5.41, 5.74) is 3.83. The molecule has 0 radical (unpaired) electrons. The van der Waals surface area contributed by atoms with Crippen LogP contribution < -0.4 is 9.64 Å². The summed E-state index contributed by atoms with van der Waals surface area (Å²) >= 11 is 0. The van der Waals surface area contributed by atoms with Crippen LogP contribution in [-0.2, 0) is 11.3 Å². The topological polar surface area (TPSA) is 56.6 Å². The van der Waals surface area contributed by atoms with E-state index in [9.17, 15) is 4.79 Å². The Morgan fingerprint density at radius 2 is 1.89 bits per heavy atom. The summed E-state index contributed by atoms with van der Waals surface area (Å²) in [6.07, 6.45) is 0. The number of ether oxygens (including phenoxy) is 1. The van der Waals surface area contributed by atoms with Crippen LogP contribution in [0.15, 0.2) is 42.5 Å². The highest BCUT2D eigenvalue weighted by molar-refractivity contribution is 5.95. The second-order valence-electron chi connectivity index (χ2n) is 7.14. The van der Waals surface area contributed by atoms with E-state index in [0.717, 1.165) is 23.5 Å². The first-order valence-corrected chi connectivity index (χ1v) is 9.21. The number of benzene rings is 2. The van der Waals surface area contributed by atoms with E-state index in [2.05, 4.69) is 36.9 Å². The molecule has 0 atom stereocenters. The third-order valence-corrected chi connectivity index (χ3v) is 4.97. The maximum absolute atomic E-state index is 12.7. The lowest BCUT2D eigenvalue weighted by atomic mass is 10.00. The van der Waals surface area contributed by atoms with Crippen molar-refractivity contribution in [1.29, 1.82) is 5.26 Å². The van der Waals surface area contributed by atoms with Crippen molar-refractivity contribution in [3.8, 4) is 11.8 Å². The Morgan fingerprint density at radius 3 is 2.48 bits per heavy atom. The fourth-order valence-electron chi connectivity index (χ4n) is 3.37. The zero-order chi connectivity index (χ0) is 19.4. The van der Waals surface area contributed by atoms with Gasteiger partial charge in [-0.3, -0.25) is 9.69 Å². The van der Waals surface area contributed by atoms with E-state index in [1.54, 1.807) is 24.1 Å². The molecule has 1 aliphatic heterocycles. The molecule has 5 heteroatoms. The smallest absolute Gasteiger partial charge is 0.241 e. The molecule has 140 valence electrons. The molecule has 0 spiro atoms. The van der Waals surface area contributed by atoms with Crippen LogP contribution in [-0.4, -0.2) is 37.6 Å². The molecule has 5 nitrogen and oxygen atoms in total. The molecule has 1 heterocycles. The molecule has 0 bridgehead atoms. The summed E-state index contributed by atoms with van der Waals surface area (Å²) in [6.45, 7) is 6.83. The summed E-state index contributed by atoms with van der Waals surface area (Å²) in [5, 5.41) is 8.91. The lowest BCUT2D eigenvalue weighted by Gasteiger charge is -2.34. The average Bonchev–Trinajstić information content (AvgIpc) is 2.68. The van der Waals surface area contributed by atoms with Crippen LogP contribution in [0.25, 0.3) is 0 Å². The van der Waals surface area contributed by atoms with E-state index >= 15 is 0 Å². The van der Waals surface area contributed by atoms with Gasteiger partial charge in [0.1, 0.15) is 5.75 Å². The van der Waals surface area contributed by atoms with Crippen LogP contribution in [0.4, 0.5) is 5.69 Å². The van der Waals surface area contributed by atoms with E-state index < -0.39 is 0 Å². The summed E-state index contributed by atoms with van der Waals surface area (Å²) < 4.78 is 5.51. The van der Waals surface area contributed by atoms with Gasteiger partial charge in [-0.1, -0.05) is 26.0 Å². The SMILES string of the molecule is COc1ccc(C(C)C)cc1CN1CCN(c2ccc(C#N)cc2)C(=O)C1. The fourth-order valence-corrected chi connectivity index (χ4v) is 3.37. The standard InChI is InChI=1S/C22H25N3O2/c1-16(2)18-6-9-21(27-3)19(12-18)14-24-10-11-25(22(26)15-24)20-7-4-17(13-23)5-8-20/h4-9,12,16H,10-11,14-15H2,1-3H3. The first-order valence-electron chi connectivity index (χ1n) is 9.21. The highest BCUT2D eigenvalue weighted by Gasteiger charge is 2.25. The highest BCUT2D eigenvalue weighted by Crippen LogP contribution is 2.26. The van der Waals surface area contributed by atoms with Gasteiger partial charge in [-0.2, -0.15) is 5.26 Å². The molecule has 1 aliphatic rings. The van der Waals surface area contributed by atoms with Crippen LogP contribution in [0.3, 0.4) is 0 Å². The summed E-state index contributed by atoms with van der Waals surface area (Å²) in [7, 11) is 1.68. The number of carbonyl (C=O) groups is 1. The Kier molecular flexibility index (Phi) is 5.78. The summed E-state index contributed by atoms with van der Waals surface area (Å²) in [5.74, 6) is 1.39. The Bertz CT molecular complexity index is 853. The molecule has 0 aromatic heterocycles. The van der Waals surface area contributed by atoms with Gasteiger partial charge in [-0.05, 0) is 41.8 Å². The van der Waals surface area contributed by atoms with Crippen molar-refractivity contribution in [2.45, 2.75) is 26.3 Å². The lowest BCUT2D eigenvalue weighted by molar-refractivity contribution is -0.121. The van der Waals surface area contributed by atoms with Gasteiger partial charge in [0.2, 0.25) is 5.91 Å². The van der Waals surface area contributed by atoms with Crippen molar-refractivity contribution >= 4 is 11.6 Å². The van der Waals surface area contributed by atoms with E-state index in [0.29, 0.717) is 31.1 Å². The largest absolute Gasteiger partial charge is 0.496 e. The second-order valence-corrected chi connectivity index (χ2v) is 7.14. The van der Waals surface area contributed by atoms with E-state index in [1.165, 1.54) is 5.56 Å². The maximum Gasteiger partial charge on any atom is 0.241 e. The number of hydrogen-bond acceptors (Lipinski definition) is 4. The van der Waals surface area contributed by atoms with Gasteiger partial charge in [0.05, 0.1) is 25.3 Å². The number of nitrogens with zero attached hydrogens (tertiary/aromatic N) is 3. The zero-order valence-electron chi connectivity index (χ0n) is 16.1. The van der Waals surface area contributed by atoms with Gasteiger partial charge >= 0.3 is 0 Å². The first-order chi connectivity index (χ1) is 13.0. The van der Waals surface area contributed by atoms with E-state index in [1.807, 2.05) is 18.2 Å². The fraction of sp³-hybridized carbons (Fsp3) is 0.364. The van der Waals surface area contributed by atoms with Crippen molar-refractivity contribution in [1.82, 2.24) is 4.90 Å². The van der Waals surface area contributed by atoms with E-state index in [4.69, 9.17) is 10.00 Å². The molecule has 2 aromatic carbocycles. The second kappa shape index (κ2) is 8.24. The minimum atomic E-state index is 0.0740. The van der Waals surface area contributed by atoms with Gasteiger partial charge in [-0.15, -0.1) is 0 Å². The number of rotatable bonds is 5. The number of hydrogen-bond donors (Lipinski definition) is 0. The third kappa shape index (κ3) is 4.29. The summed E-state index contributed by atoms with van der Waals surface area (Å²) in [6, 6.07) is 15.6. The molecule has 0 saturated carbocycles. The molecule has 1 saturated heterocycles. The lowest BCUT2D eigenvalue weighted by Crippen LogP contribution is -2.50. The number of methoxy groups -OCH3 is 1. The van der Waals surface area contributed by atoms with Crippen LogP contribution >= 0.6 is 0 Å². The molecular formula is C22H25N3O2. The normalized spacial score (nSPS) is 15.1. The number of amides is 1. The van der Waals surface area contributed by atoms with Crippen molar-refractivity contribution in [2.24, 2.45) is 0 Å². The molecule has 0 aliphatic carbocycles. The molecule has 2 aromatic rings. The number of piperazine rings is 1. The third-order valence-electron chi connectivity index (χ3n) is 4.97. The molecule has 0 N–H and O–H groups in total. The molecule has 0 unspecified atom stereocenters. The minimum absolute atomic E-state index is 0.0740. The molecule has 27 heavy (non-hydrogen) atoms. The zero-order valence-corrected chi connectivity index (χ0v) is 16.1. The Hall–Kier alpha value is -2.84. The predicted molar refractivity (Wildman–Crippen MR) is 106 cm³/mol. The van der Waals surface area contributed by atoms with Crippen LogP contribution in [0.2, 0.25) is 0 Å². The van der Waals surface area contributed by atoms with Gasteiger partial charge in [0.25, 0.3) is 0 Å². The van der Waals surface area contributed by atoms with Crippen molar-refractivity contribution in [3.05, 3.63) is 59.2 Å². The molecule has 3 rings (SSSR count). The van der Waals surface area contributed by atoms with Gasteiger partial charge < -0.3 is 9.64 Å². The van der Waals surface area contributed by atoms with Gasteiger partial charge in [0.15, 0.2) is 0 Å². The van der Waals surface area contributed by atoms with Crippen molar-refractivity contribution in [3.63, 3.8) is 0 Å². The molecule has 1 fully saturated rings. The van der Waals surface area contributed by atoms with Crippen molar-refractivity contribution < 1.29 is 9.53 Å².